The van der Waals surface area contributed by atoms with Crippen molar-refractivity contribution in [1.82, 2.24) is 20.2 Å². The molecule has 1 aromatic heterocycles. The van der Waals surface area contributed by atoms with Gasteiger partial charge in [-0.15, -0.1) is 0 Å². The SMILES string of the molecule is C=N/C(=C(/F)c1nc(OCC23CCCN2CCC3)nc(N2CC3CCC(C2)N3)c1C)c1cc(O)cc2cccc(Cl)c12. The van der Waals surface area contributed by atoms with E-state index in [4.69, 9.17) is 21.3 Å². The van der Waals surface area contributed by atoms with Gasteiger partial charge in [-0.05, 0) is 88.8 Å². The lowest BCUT2D eigenvalue weighted by Gasteiger charge is -2.35. The summed E-state index contributed by atoms with van der Waals surface area (Å²) in [6.07, 6.45) is 6.72. The third kappa shape index (κ3) is 4.71. The van der Waals surface area contributed by atoms with Crippen molar-refractivity contribution in [1.29, 1.82) is 0 Å². The number of aromatic hydroxyl groups is 1. The molecule has 2 N–H and O–H groups in total. The van der Waals surface area contributed by atoms with Gasteiger partial charge < -0.3 is 20.1 Å². The van der Waals surface area contributed by atoms with E-state index in [-0.39, 0.29) is 28.7 Å². The van der Waals surface area contributed by atoms with Gasteiger partial charge >= 0.3 is 6.01 Å². The van der Waals surface area contributed by atoms with Gasteiger partial charge in [-0.2, -0.15) is 9.97 Å². The summed E-state index contributed by atoms with van der Waals surface area (Å²) in [5, 5.41) is 15.8. The van der Waals surface area contributed by atoms with Crippen LogP contribution in [0.15, 0.2) is 35.3 Å². The molecule has 4 saturated heterocycles. The second kappa shape index (κ2) is 10.8. The highest BCUT2D eigenvalue weighted by molar-refractivity contribution is 6.36. The molecule has 4 fully saturated rings. The Bertz CT molecular complexity index is 1570. The second-order valence-electron chi connectivity index (χ2n) is 12.2. The second-order valence-corrected chi connectivity index (χ2v) is 12.6. The van der Waals surface area contributed by atoms with E-state index < -0.39 is 5.83 Å². The number of aromatic nitrogens is 2. The van der Waals surface area contributed by atoms with Crippen molar-refractivity contribution >= 4 is 46.4 Å². The van der Waals surface area contributed by atoms with Crippen LogP contribution in [0.25, 0.3) is 22.3 Å². The first kappa shape index (κ1) is 27.6. The fraction of sp³-hybridized carbons (Fsp3) is 0.469. The molecular formula is C32H36ClFN6O2. The van der Waals surface area contributed by atoms with Gasteiger partial charge in [0.1, 0.15) is 29.6 Å². The summed E-state index contributed by atoms with van der Waals surface area (Å²) >= 11 is 6.58. The average Bonchev–Trinajstić information content (AvgIpc) is 3.66. The summed E-state index contributed by atoms with van der Waals surface area (Å²) in [6, 6.07) is 9.32. The fourth-order valence-corrected chi connectivity index (χ4v) is 7.92. The highest BCUT2D eigenvalue weighted by Gasteiger charge is 2.45. The molecule has 220 valence electrons. The number of halogens is 2. The minimum atomic E-state index is -0.664. The molecule has 0 spiro atoms. The number of benzene rings is 2. The third-order valence-electron chi connectivity index (χ3n) is 9.64. The molecule has 7 rings (SSSR count). The van der Waals surface area contributed by atoms with Gasteiger partial charge in [0.05, 0.1) is 5.54 Å². The third-order valence-corrected chi connectivity index (χ3v) is 9.95. The molecule has 5 heterocycles. The van der Waals surface area contributed by atoms with Crippen LogP contribution < -0.4 is 15.0 Å². The zero-order chi connectivity index (χ0) is 29.0. The lowest BCUT2D eigenvalue weighted by atomic mass is 9.95. The summed E-state index contributed by atoms with van der Waals surface area (Å²) in [6.45, 7) is 9.77. The minimum Gasteiger partial charge on any atom is -0.508 e. The molecule has 0 saturated carbocycles. The lowest BCUT2D eigenvalue weighted by molar-refractivity contribution is 0.107. The highest BCUT2D eigenvalue weighted by Crippen LogP contribution is 2.42. The van der Waals surface area contributed by atoms with Gasteiger partial charge in [0, 0.05) is 46.7 Å². The normalized spacial score (nSPS) is 23.7. The Kier molecular flexibility index (Phi) is 7.07. The topological polar surface area (TPSA) is 86.1 Å². The number of nitrogens with one attached hydrogen (secondary N) is 1. The van der Waals surface area contributed by atoms with Crippen molar-refractivity contribution in [3.8, 4) is 11.8 Å². The number of anilines is 1. The maximum absolute atomic E-state index is 16.8. The molecule has 10 heteroatoms. The number of hydrogen-bond acceptors (Lipinski definition) is 8. The van der Waals surface area contributed by atoms with Crippen LogP contribution in [0, 0.1) is 6.92 Å². The van der Waals surface area contributed by atoms with Gasteiger partial charge in [0.15, 0.2) is 5.83 Å². The Hall–Kier alpha value is -3.27. The molecule has 2 unspecified atom stereocenters. The molecule has 2 aromatic carbocycles. The predicted molar refractivity (Wildman–Crippen MR) is 165 cm³/mol. The standard InChI is InChI=1S/C32H36ClFN6O2/c1-19-28(27(34)29(35-2)24-15-23(41)14-20-6-3-7-25(33)26(20)24)37-31(42-18-32-10-4-12-40(32)13-5-11-32)38-30(19)39-16-21-8-9-22(17-39)36-21/h3,6-7,14-15,21-22,36,41H,2,4-5,8-13,16-18H2,1H3/b29-27+. The van der Waals surface area contributed by atoms with E-state index in [1.54, 1.807) is 18.2 Å². The Morgan fingerprint density at radius 3 is 2.64 bits per heavy atom. The van der Waals surface area contributed by atoms with E-state index in [1.807, 2.05) is 13.0 Å². The smallest absolute Gasteiger partial charge is 0.319 e. The number of rotatable bonds is 7. The number of ether oxygens (including phenoxy) is 1. The quantitative estimate of drug-likeness (QED) is 0.339. The van der Waals surface area contributed by atoms with Crippen molar-refractivity contribution in [2.45, 2.75) is 63.1 Å². The zero-order valence-electron chi connectivity index (χ0n) is 23.9. The van der Waals surface area contributed by atoms with E-state index in [1.165, 1.54) is 6.07 Å². The number of fused-ring (bicyclic) bond motifs is 4. The Balaban J connectivity index is 1.34. The minimum absolute atomic E-state index is 0.00215. The molecule has 4 aliphatic heterocycles. The highest BCUT2D eigenvalue weighted by atomic mass is 35.5. The molecule has 2 atom stereocenters. The number of phenolic OH excluding ortho intramolecular Hbond substituents is 1. The number of nitrogens with zero attached hydrogens (tertiary/aromatic N) is 5. The van der Waals surface area contributed by atoms with Crippen LogP contribution in [0.4, 0.5) is 10.2 Å². The van der Waals surface area contributed by atoms with Crippen LogP contribution in [0.2, 0.25) is 5.02 Å². The first-order valence-electron chi connectivity index (χ1n) is 14.9. The van der Waals surface area contributed by atoms with Crippen LogP contribution in [0.5, 0.6) is 11.8 Å². The van der Waals surface area contributed by atoms with Crippen LogP contribution in [0.3, 0.4) is 0 Å². The van der Waals surface area contributed by atoms with Gasteiger partial charge in [-0.1, -0.05) is 23.7 Å². The van der Waals surface area contributed by atoms with Gasteiger partial charge in [-0.25, -0.2) is 4.39 Å². The van der Waals surface area contributed by atoms with Gasteiger partial charge in [0.25, 0.3) is 0 Å². The van der Waals surface area contributed by atoms with Crippen molar-refractivity contribution in [3.05, 3.63) is 52.2 Å². The Labute approximate surface area is 250 Å². The summed E-state index contributed by atoms with van der Waals surface area (Å²) in [5.41, 5.74) is 1.02. The predicted octanol–water partition coefficient (Wildman–Crippen LogP) is 5.74. The average molecular weight is 591 g/mol. The maximum atomic E-state index is 16.8. The molecule has 42 heavy (non-hydrogen) atoms. The lowest BCUT2D eigenvalue weighted by Crippen LogP contribution is -2.51. The maximum Gasteiger partial charge on any atom is 0.319 e. The molecule has 8 nitrogen and oxygen atoms in total. The fourth-order valence-electron chi connectivity index (χ4n) is 7.64. The molecule has 4 aliphatic rings. The first-order valence-corrected chi connectivity index (χ1v) is 15.3. The van der Waals surface area contributed by atoms with E-state index in [0.29, 0.717) is 51.4 Å². The van der Waals surface area contributed by atoms with Gasteiger partial charge in [-0.3, -0.25) is 9.89 Å². The van der Waals surface area contributed by atoms with Crippen LogP contribution in [-0.4, -0.2) is 77.1 Å². The summed E-state index contributed by atoms with van der Waals surface area (Å²) in [4.78, 5) is 18.4. The van der Waals surface area contributed by atoms with Crippen molar-refractivity contribution < 1.29 is 14.2 Å². The molecule has 0 radical (unpaired) electrons. The largest absolute Gasteiger partial charge is 0.508 e. The summed E-state index contributed by atoms with van der Waals surface area (Å²) in [7, 11) is 0. The van der Waals surface area contributed by atoms with Crippen LogP contribution in [0.1, 0.15) is 55.3 Å². The van der Waals surface area contributed by atoms with E-state index in [0.717, 1.165) is 64.7 Å². The van der Waals surface area contributed by atoms with Crippen molar-refractivity contribution in [2.75, 3.05) is 37.7 Å². The molecular weight excluding hydrogens is 555 g/mol. The van der Waals surface area contributed by atoms with Crippen molar-refractivity contribution in [2.24, 2.45) is 4.99 Å². The number of piperazine rings is 1. The van der Waals surface area contributed by atoms with E-state index in [2.05, 4.69) is 31.8 Å². The van der Waals surface area contributed by atoms with E-state index in [9.17, 15) is 5.11 Å². The van der Waals surface area contributed by atoms with E-state index >= 15 is 4.39 Å². The zero-order valence-corrected chi connectivity index (χ0v) is 24.6. The first-order chi connectivity index (χ1) is 20.3. The summed E-state index contributed by atoms with van der Waals surface area (Å²) in [5.74, 6) is -0.00789. The number of phenols is 1. The summed E-state index contributed by atoms with van der Waals surface area (Å²) < 4.78 is 23.2. The number of aliphatic imine (C=N–C) groups is 1. The van der Waals surface area contributed by atoms with Gasteiger partial charge in [0.2, 0.25) is 0 Å². The Morgan fingerprint density at radius 2 is 1.93 bits per heavy atom. The monoisotopic (exact) mass is 590 g/mol. The molecule has 3 aromatic rings. The Morgan fingerprint density at radius 1 is 1.19 bits per heavy atom. The number of hydrogen-bond donors (Lipinski definition) is 2. The van der Waals surface area contributed by atoms with Crippen LogP contribution >= 0.6 is 11.6 Å². The van der Waals surface area contributed by atoms with Crippen molar-refractivity contribution in [3.63, 3.8) is 0 Å². The molecule has 0 aliphatic carbocycles. The molecule has 0 amide bonds. The van der Waals surface area contributed by atoms with Crippen LogP contribution in [-0.2, 0) is 0 Å². The molecule has 2 bridgehead atoms.